The number of rotatable bonds is 3. The Morgan fingerprint density at radius 1 is 1.47 bits per heavy atom. The molecular weight excluding hydrogens is 218 g/mol. The van der Waals surface area contributed by atoms with E-state index in [9.17, 15) is 4.79 Å². The van der Waals surface area contributed by atoms with Crippen molar-refractivity contribution in [2.24, 2.45) is 5.92 Å². The Labute approximate surface area is 100 Å². The second kappa shape index (κ2) is 4.91. The molecule has 1 N–H and O–H groups in total. The van der Waals surface area contributed by atoms with Gasteiger partial charge in [0.05, 0.1) is 0 Å². The van der Waals surface area contributed by atoms with Crippen molar-refractivity contribution >= 4 is 12.0 Å². The largest absolute Gasteiger partial charge is 0.426 e. The normalized spacial score (nSPS) is 12.6. The van der Waals surface area contributed by atoms with Crippen LogP contribution in [0.5, 0.6) is 11.5 Å². The molecule has 1 aromatic rings. The Morgan fingerprint density at radius 3 is 3.06 bits per heavy atom. The quantitative estimate of drug-likeness (QED) is 0.643. The summed E-state index contributed by atoms with van der Waals surface area (Å²) in [5.41, 5.74) is 3.53. The van der Waals surface area contributed by atoms with E-state index in [-0.39, 0.29) is 5.97 Å². The molecule has 90 valence electrons. The van der Waals surface area contributed by atoms with Gasteiger partial charge in [0.2, 0.25) is 0 Å². The molecule has 2 rings (SSSR count). The molecule has 1 aromatic carbocycles. The van der Waals surface area contributed by atoms with E-state index in [1.807, 2.05) is 19.9 Å². The molecule has 17 heavy (non-hydrogen) atoms. The summed E-state index contributed by atoms with van der Waals surface area (Å²) in [6, 6.07) is 5.27. The number of carbonyl (C=O) groups excluding carboxylic acids is 1. The van der Waals surface area contributed by atoms with Gasteiger partial charge in [0.15, 0.2) is 5.75 Å². The van der Waals surface area contributed by atoms with Gasteiger partial charge in [-0.3, -0.25) is 4.79 Å². The van der Waals surface area contributed by atoms with Gasteiger partial charge in [0.25, 0.3) is 0 Å². The van der Waals surface area contributed by atoms with Crippen LogP contribution in [0, 0.1) is 5.92 Å². The highest BCUT2D eigenvalue weighted by Crippen LogP contribution is 2.27. The summed E-state index contributed by atoms with van der Waals surface area (Å²) in [6.45, 7) is 3.97. The standard InChI is InChI=1S/C13H15NO3/c1-9(2)7-13(15)16-11-3-4-12-10(8-11)5-6-14-17-12/h3-6,8-9,14H,7H2,1-2H3. The molecule has 1 aliphatic heterocycles. The first-order chi connectivity index (χ1) is 8.15. The van der Waals surface area contributed by atoms with Crippen molar-refractivity contribution < 1.29 is 14.4 Å². The van der Waals surface area contributed by atoms with Gasteiger partial charge < -0.3 is 9.57 Å². The Balaban J connectivity index is 2.08. The molecule has 0 atom stereocenters. The van der Waals surface area contributed by atoms with Gasteiger partial charge in [-0.05, 0) is 30.2 Å². The molecular formula is C13H15NO3. The number of esters is 1. The highest BCUT2D eigenvalue weighted by atomic mass is 16.6. The summed E-state index contributed by atoms with van der Waals surface area (Å²) in [4.78, 5) is 16.7. The molecule has 0 bridgehead atoms. The Hall–Kier alpha value is -1.97. The summed E-state index contributed by atoms with van der Waals surface area (Å²) >= 11 is 0. The Bertz CT molecular complexity index is 452. The SMILES string of the molecule is CC(C)CC(=O)Oc1ccc2c(c1)C=CNO2. The maximum atomic E-state index is 11.5. The minimum atomic E-state index is -0.209. The number of hydroxylamine groups is 1. The molecule has 0 aromatic heterocycles. The zero-order valence-corrected chi connectivity index (χ0v) is 9.90. The smallest absolute Gasteiger partial charge is 0.311 e. The van der Waals surface area contributed by atoms with Crippen LogP contribution < -0.4 is 15.1 Å². The lowest BCUT2D eigenvalue weighted by Crippen LogP contribution is -2.15. The highest BCUT2D eigenvalue weighted by molar-refractivity contribution is 5.73. The minimum Gasteiger partial charge on any atom is -0.426 e. The van der Waals surface area contributed by atoms with Gasteiger partial charge in [-0.1, -0.05) is 13.8 Å². The first-order valence-corrected chi connectivity index (χ1v) is 5.59. The molecule has 0 unspecified atom stereocenters. The number of ether oxygens (including phenoxy) is 1. The van der Waals surface area contributed by atoms with Crippen LogP contribution in [-0.2, 0) is 4.79 Å². The summed E-state index contributed by atoms with van der Waals surface area (Å²) in [7, 11) is 0. The average Bonchev–Trinajstić information content (AvgIpc) is 2.27. The lowest BCUT2D eigenvalue weighted by atomic mass is 10.1. The molecule has 0 aliphatic carbocycles. The fourth-order valence-corrected chi connectivity index (χ4v) is 1.54. The number of nitrogens with one attached hydrogen (secondary N) is 1. The molecule has 0 radical (unpaired) electrons. The van der Waals surface area contributed by atoms with Crippen molar-refractivity contribution in [2.75, 3.05) is 0 Å². The topological polar surface area (TPSA) is 47.6 Å². The summed E-state index contributed by atoms with van der Waals surface area (Å²) in [5, 5.41) is 0. The van der Waals surface area contributed by atoms with E-state index in [4.69, 9.17) is 9.57 Å². The van der Waals surface area contributed by atoms with E-state index in [0.717, 1.165) is 11.3 Å². The molecule has 4 nitrogen and oxygen atoms in total. The maximum Gasteiger partial charge on any atom is 0.311 e. The van der Waals surface area contributed by atoms with Crippen LogP contribution in [0.4, 0.5) is 0 Å². The van der Waals surface area contributed by atoms with Gasteiger partial charge in [0, 0.05) is 18.2 Å². The van der Waals surface area contributed by atoms with Crippen molar-refractivity contribution in [3.63, 3.8) is 0 Å². The summed E-state index contributed by atoms with van der Waals surface area (Å²) < 4.78 is 5.24. The zero-order valence-electron chi connectivity index (χ0n) is 9.90. The third-order valence-corrected chi connectivity index (χ3v) is 2.29. The first-order valence-electron chi connectivity index (χ1n) is 5.59. The molecule has 1 aliphatic rings. The highest BCUT2D eigenvalue weighted by Gasteiger charge is 2.11. The predicted molar refractivity (Wildman–Crippen MR) is 64.3 cm³/mol. The monoisotopic (exact) mass is 233 g/mol. The third kappa shape index (κ3) is 3.00. The van der Waals surface area contributed by atoms with E-state index in [1.165, 1.54) is 0 Å². The van der Waals surface area contributed by atoms with Crippen LogP contribution in [0.1, 0.15) is 25.8 Å². The first kappa shape index (κ1) is 11.5. The predicted octanol–water partition coefficient (Wildman–Crippen LogP) is 2.51. The van der Waals surface area contributed by atoms with E-state index in [0.29, 0.717) is 18.1 Å². The second-order valence-corrected chi connectivity index (χ2v) is 4.32. The number of carbonyl (C=O) groups is 1. The fourth-order valence-electron chi connectivity index (χ4n) is 1.54. The Morgan fingerprint density at radius 2 is 2.29 bits per heavy atom. The molecule has 0 spiro atoms. The van der Waals surface area contributed by atoms with Crippen molar-refractivity contribution in [3.8, 4) is 11.5 Å². The molecule has 0 saturated heterocycles. The zero-order chi connectivity index (χ0) is 12.3. The van der Waals surface area contributed by atoms with Crippen LogP contribution >= 0.6 is 0 Å². The molecule has 0 fully saturated rings. The van der Waals surface area contributed by atoms with Gasteiger partial charge in [-0.25, -0.2) is 5.48 Å². The molecule has 0 saturated carbocycles. The Kier molecular flexibility index (Phi) is 3.32. The van der Waals surface area contributed by atoms with Crippen LogP contribution in [-0.4, -0.2) is 5.97 Å². The van der Waals surface area contributed by atoms with E-state index in [2.05, 4.69) is 5.48 Å². The third-order valence-electron chi connectivity index (χ3n) is 2.29. The van der Waals surface area contributed by atoms with E-state index in [1.54, 1.807) is 24.4 Å². The number of hydrogen-bond acceptors (Lipinski definition) is 4. The summed E-state index contributed by atoms with van der Waals surface area (Å²) in [5.74, 6) is 1.35. The van der Waals surface area contributed by atoms with Crippen molar-refractivity contribution in [2.45, 2.75) is 20.3 Å². The van der Waals surface area contributed by atoms with Crippen LogP contribution in [0.3, 0.4) is 0 Å². The van der Waals surface area contributed by atoms with Gasteiger partial charge in [-0.15, -0.1) is 0 Å². The number of fused-ring (bicyclic) bond motifs is 1. The van der Waals surface area contributed by atoms with Gasteiger partial charge >= 0.3 is 5.97 Å². The minimum absolute atomic E-state index is 0.209. The lowest BCUT2D eigenvalue weighted by Gasteiger charge is -2.13. The number of benzene rings is 1. The van der Waals surface area contributed by atoms with E-state index < -0.39 is 0 Å². The van der Waals surface area contributed by atoms with Crippen molar-refractivity contribution in [1.82, 2.24) is 5.48 Å². The van der Waals surface area contributed by atoms with E-state index >= 15 is 0 Å². The van der Waals surface area contributed by atoms with Crippen LogP contribution in [0.15, 0.2) is 24.4 Å². The van der Waals surface area contributed by atoms with Gasteiger partial charge in [0.1, 0.15) is 5.75 Å². The maximum absolute atomic E-state index is 11.5. The van der Waals surface area contributed by atoms with Crippen LogP contribution in [0.2, 0.25) is 0 Å². The van der Waals surface area contributed by atoms with Gasteiger partial charge in [-0.2, -0.15) is 0 Å². The second-order valence-electron chi connectivity index (χ2n) is 4.32. The number of hydrogen-bond donors (Lipinski definition) is 1. The average molecular weight is 233 g/mol. The summed E-state index contributed by atoms with van der Waals surface area (Å²) in [6.07, 6.45) is 3.96. The van der Waals surface area contributed by atoms with Crippen LogP contribution in [0.25, 0.3) is 6.08 Å². The van der Waals surface area contributed by atoms with Crippen molar-refractivity contribution in [3.05, 3.63) is 30.0 Å². The fraction of sp³-hybridized carbons (Fsp3) is 0.308. The lowest BCUT2D eigenvalue weighted by molar-refractivity contribution is -0.135. The molecule has 0 amide bonds. The molecule has 1 heterocycles. The molecule has 4 heteroatoms. The van der Waals surface area contributed by atoms with Crippen molar-refractivity contribution in [1.29, 1.82) is 0 Å².